The van der Waals surface area contributed by atoms with Crippen LogP contribution in [0.5, 0.6) is 5.75 Å². The first-order valence-electron chi connectivity index (χ1n) is 10.5. The van der Waals surface area contributed by atoms with Crippen molar-refractivity contribution in [2.75, 3.05) is 20.2 Å². The van der Waals surface area contributed by atoms with Crippen LogP contribution in [0.4, 0.5) is 0 Å². The second-order valence-electron chi connectivity index (χ2n) is 7.65. The summed E-state index contributed by atoms with van der Waals surface area (Å²) < 4.78 is 5.29. The molecule has 0 aliphatic carbocycles. The van der Waals surface area contributed by atoms with Gasteiger partial charge in [-0.25, -0.2) is 9.59 Å². The number of carboxylic acids is 2. The predicted molar refractivity (Wildman–Crippen MR) is 119 cm³/mol. The van der Waals surface area contributed by atoms with E-state index in [4.69, 9.17) is 24.5 Å². The highest BCUT2D eigenvalue weighted by molar-refractivity contribution is 6.27. The average molecular weight is 443 g/mol. The van der Waals surface area contributed by atoms with Crippen molar-refractivity contribution in [2.24, 2.45) is 5.92 Å². The summed E-state index contributed by atoms with van der Waals surface area (Å²) in [4.78, 5) is 33.2. The standard InChI is InChI=1S/C22H28N2O2.C2H2O4/c1-17(19-8-4-3-5-9-19)23-22(25)20-11-13-24(14-12-20)16-18-7-6-10-21(15-18)26-2;3-1(4)2(5)6/h3-10,15,17,20H,11-14,16H2,1-2H3,(H,23,25);(H,3,4)(H,5,6)/t17-;/m1./s1. The third-order valence-corrected chi connectivity index (χ3v) is 5.34. The van der Waals surface area contributed by atoms with Crippen LogP contribution in [-0.2, 0) is 20.9 Å². The molecule has 0 spiro atoms. The van der Waals surface area contributed by atoms with E-state index in [1.807, 2.05) is 37.3 Å². The fraction of sp³-hybridized carbons (Fsp3) is 0.375. The fourth-order valence-electron chi connectivity index (χ4n) is 3.54. The number of piperidine rings is 1. The van der Waals surface area contributed by atoms with Gasteiger partial charge >= 0.3 is 11.9 Å². The highest BCUT2D eigenvalue weighted by Gasteiger charge is 2.26. The summed E-state index contributed by atoms with van der Waals surface area (Å²) in [6.45, 7) is 4.86. The summed E-state index contributed by atoms with van der Waals surface area (Å²) in [5.74, 6) is -2.46. The van der Waals surface area contributed by atoms with Gasteiger partial charge in [0.05, 0.1) is 13.2 Å². The van der Waals surface area contributed by atoms with Gasteiger partial charge in [0.25, 0.3) is 0 Å². The lowest BCUT2D eigenvalue weighted by Gasteiger charge is -2.32. The van der Waals surface area contributed by atoms with Crippen molar-refractivity contribution in [1.82, 2.24) is 10.2 Å². The summed E-state index contributed by atoms with van der Waals surface area (Å²) in [6.07, 6.45) is 1.83. The molecule has 8 heteroatoms. The maximum atomic E-state index is 12.6. The van der Waals surface area contributed by atoms with Crippen molar-refractivity contribution >= 4 is 17.8 Å². The van der Waals surface area contributed by atoms with Crippen molar-refractivity contribution in [1.29, 1.82) is 0 Å². The Balaban J connectivity index is 0.000000534. The van der Waals surface area contributed by atoms with Crippen molar-refractivity contribution in [3.8, 4) is 5.75 Å². The van der Waals surface area contributed by atoms with Gasteiger partial charge in [-0.3, -0.25) is 9.69 Å². The number of hydrogen-bond acceptors (Lipinski definition) is 5. The van der Waals surface area contributed by atoms with Crippen molar-refractivity contribution < 1.29 is 29.3 Å². The highest BCUT2D eigenvalue weighted by Crippen LogP contribution is 2.22. The summed E-state index contributed by atoms with van der Waals surface area (Å²) in [5, 5.41) is 18.0. The van der Waals surface area contributed by atoms with E-state index in [9.17, 15) is 4.79 Å². The number of ether oxygens (including phenoxy) is 1. The molecule has 2 aromatic carbocycles. The molecule has 0 unspecified atom stereocenters. The molecule has 0 bridgehead atoms. The molecule has 1 aliphatic heterocycles. The van der Waals surface area contributed by atoms with Crippen LogP contribution in [0.15, 0.2) is 54.6 Å². The monoisotopic (exact) mass is 442 g/mol. The molecule has 1 heterocycles. The third-order valence-electron chi connectivity index (χ3n) is 5.34. The Kier molecular flexibility index (Phi) is 9.69. The molecular weight excluding hydrogens is 412 g/mol. The molecular formula is C24H30N2O6. The van der Waals surface area contributed by atoms with Crippen molar-refractivity contribution in [3.05, 3.63) is 65.7 Å². The zero-order chi connectivity index (χ0) is 23.5. The number of methoxy groups -OCH3 is 1. The number of aliphatic carboxylic acids is 2. The van der Waals surface area contributed by atoms with Gasteiger partial charge in [0.1, 0.15) is 5.75 Å². The van der Waals surface area contributed by atoms with E-state index >= 15 is 0 Å². The maximum Gasteiger partial charge on any atom is 0.414 e. The largest absolute Gasteiger partial charge is 0.497 e. The van der Waals surface area contributed by atoms with Gasteiger partial charge in [-0.15, -0.1) is 0 Å². The van der Waals surface area contributed by atoms with Gasteiger partial charge in [0.15, 0.2) is 0 Å². The molecule has 1 saturated heterocycles. The summed E-state index contributed by atoms with van der Waals surface area (Å²) in [6, 6.07) is 18.4. The Labute approximate surface area is 187 Å². The van der Waals surface area contributed by atoms with Crippen LogP contribution in [0, 0.1) is 5.92 Å². The van der Waals surface area contributed by atoms with Crippen LogP contribution in [0.25, 0.3) is 0 Å². The Morgan fingerprint density at radius 3 is 2.22 bits per heavy atom. The summed E-state index contributed by atoms with van der Waals surface area (Å²) >= 11 is 0. The zero-order valence-electron chi connectivity index (χ0n) is 18.4. The minimum Gasteiger partial charge on any atom is -0.497 e. The third kappa shape index (κ3) is 8.03. The Hall–Kier alpha value is -3.39. The second-order valence-corrected chi connectivity index (χ2v) is 7.65. The number of amides is 1. The topological polar surface area (TPSA) is 116 Å². The fourth-order valence-corrected chi connectivity index (χ4v) is 3.54. The van der Waals surface area contributed by atoms with E-state index in [1.165, 1.54) is 5.56 Å². The molecule has 3 rings (SSSR count). The van der Waals surface area contributed by atoms with E-state index in [1.54, 1.807) is 7.11 Å². The van der Waals surface area contributed by atoms with E-state index in [-0.39, 0.29) is 17.9 Å². The molecule has 2 aromatic rings. The molecule has 0 aromatic heterocycles. The van der Waals surface area contributed by atoms with Gasteiger partial charge in [-0.2, -0.15) is 0 Å². The predicted octanol–water partition coefficient (Wildman–Crippen LogP) is 2.94. The number of likely N-dealkylation sites (tertiary alicyclic amines) is 1. The van der Waals surface area contributed by atoms with E-state index in [2.05, 4.69) is 34.5 Å². The number of nitrogens with zero attached hydrogens (tertiary/aromatic N) is 1. The molecule has 8 nitrogen and oxygen atoms in total. The molecule has 0 saturated carbocycles. The van der Waals surface area contributed by atoms with Crippen LogP contribution in [0.3, 0.4) is 0 Å². The lowest BCUT2D eigenvalue weighted by molar-refractivity contribution is -0.159. The zero-order valence-corrected chi connectivity index (χ0v) is 18.4. The second kappa shape index (κ2) is 12.5. The Bertz CT molecular complexity index is 882. The van der Waals surface area contributed by atoms with Crippen LogP contribution in [-0.4, -0.2) is 53.2 Å². The highest BCUT2D eigenvalue weighted by atomic mass is 16.5. The number of nitrogens with one attached hydrogen (secondary N) is 1. The minimum absolute atomic E-state index is 0.0542. The van der Waals surface area contributed by atoms with Crippen LogP contribution in [0.2, 0.25) is 0 Å². The molecule has 1 atom stereocenters. The summed E-state index contributed by atoms with van der Waals surface area (Å²) in [7, 11) is 1.69. The number of carbonyl (C=O) groups is 3. The smallest absolute Gasteiger partial charge is 0.414 e. The maximum absolute atomic E-state index is 12.6. The number of carbonyl (C=O) groups excluding carboxylic acids is 1. The molecule has 1 fully saturated rings. The van der Waals surface area contributed by atoms with Crippen molar-refractivity contribution in [3.63, 3.8) is 0 Å². The molecule has 1 aliphatic rings. The number of carboxylic acid groups (broad SMARTS) is 2. The normalized spacial score (nSPS) is 15.1. The number of hydrogen-bond donors (Lipinski definition) is 3. The number of benzene rings is 2. The van der Waals surface area contributed by atoms with E-state index in [0.717, 1.165) is 43.8 Å². The molecule has 172 valence electrons. The van der Waals surface area contributed by atoms with E-state index < -0.39 is 11.9 Å². The molecule has 1 amide bonds. The minimum atomic E-state index is -1.82. The number of rotatable bonds is 6. The van der Waals surface area contributed by atoms with Gasteiger partial charge in [0, 0.05) is 12.5 Å². The van der Waals surface area contributed by atoms with Gasteiger partial charge < -0.3 is 20.3 Å². The van der Waals surface area contributed by atoms with Crippen molar-refractivity contribution in [2.45, 2.75) is 32.4 Å². The first-order chi connectivity index (χ1) is 15.3. The molecule has 32 heavy (non-hydrogen) atoms. The van der Waals surface area contributed by atoms with Crippen LogP contribution < -0.4 is 10.1 Å². The molecule has 3 N–H and O–H groups in total. The van der Waals surface area contributed by atoms with Gasteiger partial charge in [-0.05, 0) is 56.1 Å². The first-order valence-corrected chi connectivity index (χ1v) is 10.5. The SMILES string of the molecule is COc1cccc(CN2CCC(C(=O)N[C@H](C)c3ccccc3)CC2)c1.O=C(O)C(=O)O. The lowest BCUT2D eigenvalue weighted by Crippen LogP contribution is -2.40. The lowest BCUT2D eigenvalue weighted by atomic mass is 9.95. The Morgan fingerprint density at radius 1 is 1.03 bits per heavy atom. The van der Waals surface area contributed by atoms with Gasteiger partial charge in [-0.1, -0.05) is 42.5 Å². The van der Waals surface area contributed by atoms with Crippen LogP contribution in [0.1, 0.15) is 36.9 Å². The summed E-state index contributed by atoms with van der Waals surface area (Å²) in [5.41, 5.74) is 2.40. The quantitative estimate of drug-likeness (QED) is 0.589. The first kappa shape index (κ1) is 24.9. The van der Waals surface area contributed by atoms with E-state index in [0.29, 0.717) is 0 Å². The molecule has 0 radical (unpaired) electrons. The van der Waals surface area contributed by atoms with Crippen LogP contribution >= 0.6 is 0 Å². The Morgan fingerprint density at radius 2 is 1.66 bits per heavy atom. The van der Waals surface area contributed by atoms with Gasteiger partial charge in [0.2, 0.25) is 5.91 Å². The average Bonchev–Trinajstić information content (AvgIpc) is 2.80.